The van der Waals surface area contributed by atoms with E-state index in [-0.39, 0.29) is 6.04 Å². The summed E-state index contributed by atoms with van der Waals surface area (Å²) < 4.78 is 15.8. The average Bonchev–Trinajstić information content (AvgIpc) is 2.38. The molecule has 0 aliphatic rings. The molecule has 0 amide bonds. The van der Waals surface area contributed by atoms with E-state index in [4.69, 9.17) is 19.9 Å². The van der Waals surface area contributed by atoms with Crippen LogP contribution in [0.3, 0.4) is 0 Å². The first-order valence-corrected chi connectivity index (χ1v) is 6.15. The fourth-order valence-electron chi connectivity index (χ4n) is 1.37. The Morgan fingerprint density at radius 2 is 2.06 bits per heavy atom. The van der Waals surface area contributed by atoms with Gasteiger partial charge in [0.15, 0.2) is 0 Å². The Balaban J connectivity index is 2.12. The maximum Gasteiger partial charge on any atom is 0.137 e. The third-order valence-electron chi connectivity index (χ3n) is 2.36. The monoisotopic (exact) mass is 254 g/mol. The fourth-order valence-corrected chi connectivity index (χ4v) is 1.37. The first-order valence-electron chi connectivity index (χ1n) is 6.15. The third kappa shape index (κ3) is 5.95. The van der Waals surface area contributed by atoms with E-state index in [0.717, 1.165) is 24.5 Å². The van der Waals surface area contributed by atoms with E-state index < -0.39 is 0 Å². The van der Waals surface area contributed by atoms with Crippen LogP contribution in [0.2, 0.25) is 0 Å². The zero-order chi connectivity index (χ0) is 13.2. The van der Waals surface area contributed by atoms with Crippen molar-refractivity contribution < 1.29 is 14.2 Å². The number of nitrogens with zero attached hydrogens (tertiary/aromatic N) is 1. The van der Waals surface area contributed by atoms with Crippen molar-refractivity contribution in [2.75, 3.05) is 33.5 Å². The molecule has 1 atom stereocenters. The molecule has 5 heteroatoms. The topological polar surface area (TPSA) is 66.6 Å². The molecular formula is C13H22N2O3. The van der Waals surface area contributed by atoms with Gasteiger partial charge in [0.25, 0.3) is 0 Å². The van der Waals surface area contributed by atoms with Crippen molar-refractivity contribution >= 4 is 0 Å². The van der Waals surface area contributed by atoms with Gasteiger partial charge in [0.1, 0.15) is 12.4 Å². The standard InChI is InChI=1S/C13H22N2O3/c1-11(14)13-5-4-12(10-15-13)18-9-8-17-7-3-6-16-2/h4-5,10-11H,3,6-9,14H2,1-2H3/t11-/m1/s1. The normalized spacial score (nSPS) is 12.4. The molecule has 1 rings (SSSR count). The van der Waals surface area contributed by atoms with Crippen LogP contribution in [0.5, 0.6) is 5.75 Å². The Labute approximate surface area is 108 Å². The van der Waals surface area contributed by atoms with Crippen LogP contribution in [0.4, 0.5) is 0 Å². The van der Waals surface area contributed by atoms with Crippen molar-refractivity contribution in [3.05, 3.63) is 24.0 Å². The molecule has 5 nitrogen and oxygen atoms in total. The van der Waals surface area contributed by atoms with Crippen molar-refractivity contribution in [3.8, 4) is 5.75 Å². The molecule has 0 unspecified atom stereocenters. The number of rotatable bonds is 9. The number of aromatic nitrogens is 1. The Morgan fingerprint density at radius 1 is 1.22 bits per heavy atom. The van der Waals surface area contributed by atoms with Crippen LogP contribution < -0.4 is 10.5 Å². The van der Waals surface area contributed by atoms with Crippen LogP contribution in [0.1, 0.15) is 25.1 Å². The molecule has 0 radical (unpaired) electrons. The molecule has 1 heterocycles. The molecule has 0 spiro atoms. The van der Waals surface area contributed by atoms with E-state index in [1.54, 1.807) is 13.3 Å². The van der Waals surface area contributed by atoms with Gasteiger partial charge in [-0.15, -0.1) is 0 Å². The summed E-state index contributed by atoms with van der Waals surface area (Å²) >= 11 is 0. The summed E-state index contributed by atoms with van der Waals surface area (Å²) in [5.41, 5.74) is 6.57. The summed E-state index contributed by atoms with van der Waals surface area (Å²) in [6, 6.07) is 3.69. The number of ether oxygens (including phenoxy) is 3. The molecule has 0 aliphatic carbocycles. The summed E-state index contributed by atoms with van der Waals surface area (Å²) in [4.78, 5) is 4.21. The second kappa shape index (κ2) is 8.85. The van der Waals surface area contributed by atoms with Gasteiger partial charge in [0.2, 0.25) is 0 Å². The number of pyridine rings is 1. The van der Waals surface area contributed by atoms with Gasteiger partial charge in [0.05, 0.1) is 18.5 Å². The van der Waals surface area contributed by atoms with Gasteiger partial charge in [-0.3, -0.25) is 4.98 Å². The summed E-state index contributed by atoms with van der Waals surface area (Å²) in [6.07, 6.45) is 2.59. The van der Waals surface area contributed by atoms with Crippen LogP contribution in [-0.2, 0) is 9.47 Å². The van der Waals surface area contributed by atoms with Crippen molar-refractivity contribution in [1.29, 1.82) is 0 Å². The first kappa shape index (κ1) is 14.9. The van der Waals surface area contributed by atoms with Crippen molar-refractivity contribution in [1.82, 2.24) is 4.98 Å². The highest BCUT2D eigenvalue weighted by atomic mass is 16.5. The van der Waals surface area contributed by atoms with Gasteiger partial charge in [0, 0.05) is 26.4 Å². The van der Waals surface area contributed by atoms with E-state index in [0.29, 0.717) is 19.8 Å². The predicted molar refractivity (Wildman–Crippen MR) is 69.6 cm³/mol. The SMILES string of the molecule is COCCCOCCOc1ccc([C@@H](C)N)nc1. The van der Waals surface area contributed by atoms with E-state index in [9.17, 15) is 0 Å². The van der Waals surface area contributed by atoms with Crippen LogP contribution in [0.25, 0.3) is 0 Å². The zero-order valence-electron chi connectivity index (χ0n) is 11.1. The molecule has 0 saturated carbocycles. The minimum absolute atomic E-state index is 0.0526. The maximum absolute atomic E-state index is 5.71. The van der Waals surface area contributed by atoms with Gasteiger partial charge in [-0.2, -0.15) is 0 Å². The van der Waals surface area contributed by atoms with Gasteiger partial charge in [-0.25, -0.2) is 0 Å². The third-order valence-corrected chi connectivity index (χ3v) is 2.36. The molecule has 102 valence electrons. The van der Waals surface area contributed by atoms with E-state index in [2.05, 4.69) is 4.98 Å². The van der Waals surface area contributed by atoms with Gasteiger partial charge >= 0.3 is 0 Å². The lowest BCUT2D eigenvalue weighted by Gasteiger charge is -2.08. The molecule has 18 heavy (non-hydrogen) atoms. The van der Waals surface area contributed by atoms with Gasteiger partial charge < -0.3 is 19.9 Å². The van der Waals surface area contributed by atoms with Gasteiger partial charge in [-0.05, 0) is 25.5 Å². The highest BCUT2D eigenvalue weighted by molar-refractivity contribution is 5.21. The lowest BCUT2D eigenvalue weighted by molar-refractivity contribution is 0.0805. The molecule has 0 aromatic carbocycles. The van der Waals surface area contributed by atoms with Crippen LogP contribution in [0, 0.1) is 0 Å². The minimum atomic E-state index is -0.0526. The minimum Gasteiger partial charge on any atom is -0.490 e. The van der Waals surface area contributed by atoms with Crippen LogP contribution >= 0.6 is 0 Å². The second-order valence-electron chi connectivity index (χ2n) is 4.01. The Bertz CT molecular complexity index is 315. The second-order valence-corrected chi connectivity index (χ2v) is 4.01. The Hall–Kier alpha value is -1.17. The molecule has 2 N–H and O–H groups in total. The Morgan fingerprint density at radius 3 is 2.67 bits per heavy atom. The van der Waals surface area contributed by atoms with Crippen molar-refractivity contribution in [3.63, 3.8) is 0 Å². The van der Waals surface area contributed by atoms with Crippen molar-refractivity contribution in [2.24, 2.45) is 5.73 Å². The molecule has 1 aromatic heterocycles. The van der Waals surface area contributed by atoms with Crippen LogP contribution in [0.15, 0.2) is 18.3 Å². The van der Waals surface area contributed by atoms with Crippen LogP contribution in [-0.4, -0.2) is 38.5 Å². The smallest absolute Gasteiger partial charge is 0.137 e. The fraction of sp³-hybridized carbons (Fsp3) is 0.615. The van der Waals surface area contributed by atoms with E-state index >= 15 is 0 Å². The largest absolute Gasteiger partial charge is 0.490 e. The lowest BCUT2D eigenvalue weighted by Crippen LogP contribution is -2.10. The van der Waals surface area contributed by atoms with E-state index in [1.165, 1.54) is 0 Å². The quantitative estimate of drug-likeness (QED) is 0.677. The predicted octanol–water partition coefficient (Wildman–Crippen LogP) is 1.53. The number of hydrogen-bond acceptors (Lipinski definition) is 5. The molecule has 1 aromatic rings. The van der Waals surface area contributed by atoms with Gasteiger partial charge in [-0.1, -0.05) is 0 Å². The zero-order valence-corrected chi connectivity index (χ0v) is 11.1. The Kier molecular flexibility index (Phi) is 7.32. The highest BCUT2D eigenvalue weighted by Gasteiger charge is 2.01. The number of nitrogens with two attached hydrogens (primary N) is 1. The number of methoxy groups -OCH3 is 1. The average molecular weight is 254 g/mol. The number of hydrogen-bond donors (Lipinski definition) is 1. The molecule has 0 saturated heterocycles. The summed E-state index contributed by atoms with van der Waals surface area (Å²) in [5, 5.41) is 0. The first-order chi connectivity index (χ1) is 8.74. The molecule has 0 fully saturated rings. The summed E-state index contributed by atoms with van der Waals surface area (Å²) in [5.74, 6) is 0.736. The van der Waals surface area contributed by atoms with Crippen molar-refractivity contribution in [2.45, 2.75) is 19.4 Å². The maximum atomic E-state index is 5.71. The molecule has 0 bridgehead atoms. The molecular weight excluding hydrogens is 232 g/mol. The summed E-state index contributed by atoms with van der Waals surface area (Å²) in [7, 11) is 1.68. The molecule has 0 aliphatic heterocycles. The lowest BCUT2D eigenvalue weighted by atomic mass is 10.2. The highest BCUT2D eigenvalue weighted by Crippen LogP contribution is 2.12. The summed E-state index contributed by atoms with van der Waals surface area (Å²) in [6.45, 7) is 4.41. The van der Waals surface area contributed by atoms with E-state index in [1.807, 2.05) is 19.1 Å².